The van der Waals surface area contributed by atoms with Gasteiger partial charge in [-0.2, -0.15) is 0 Å². The number of rotatable bonds is 3. The van der Waals surface area contributed by atoms with Gasteiger partial charge in [-0.1, -0.05) is 6.92 Å². The van der Waals surface area contributed by atoms with Crippen LogP contribution in [0.3, 0.4) is 0 Å². The first-order chi connectivity index (χ1) is 4.91. The van der Waals surface area contributed by atoms with Crippen LogP contribution in [-0.4, -0.2) is 28.1 Å². The summed E-state index contributed by atoms with van der Waals surface area (Å²) >= 11 is 0. The van der Waals surface area contributed by atoms with E-state index in [-0.39, 0.29) is 0 Å². The fourth-order valence-electron chi connectivity index (χ4n) is 0.925. The highest BCUT2D eigenvalue weighted by Crippen LogP contribution is 2.27. The molecule has 0 aliphatic carbocycles. The van der Waals surface area contributed by atoms with Crippen molar-refractivity contribution in [1.29, 1.82) is 0 Å². The molecule has 0 N–H and O–H groups in total. The quantitative estimate of drug-likeness (QED) is 0.608. The summed E-state index contributed by atoms with van der Waals surface area (Å²) in [6.07, 6.45) is 0. The van der Waals surface area contributed by atoms with E-state index >= 15 is 0 Å². The predicted molar refractivity (Wildman–Crippen MR) is 48.2 cm³/mol. The molecule has 66 valence electrons. The van der Waals surface area contributed by atoms with Crippen molar-refractivity contribution in [2.75, 3.05) is 19.8 Å². The summed E-state index contributed by atoms with van der Waals surface area (Å²) in [6.45, 7) is 11.5. The molecule has 3 heteroatoms. The Morgan fingerprint density at radius 1 is 1.36 bits per heavy atom. The fourth-order valence-corrected chi connectivity index (χ4v) is 1.71. The smallest absolute Gasteiger partial charge is 0.183 e. The first kappa shape index (κ1) is 9.23. The van der Waals surface area contributed by atoms with Gasteiger partial charge in [0.1, 0.15) is 0 Å². The summed E-state index contributed by atoms with van der Waals surface area (Å²) in [6, 6.07) is 0. The fraction of sp³-hybridized carbons (Fsp3) is 1.00. The van der Waals surface area contributed by atoms with Crippen molar-refractivity contribution in [3.63, 3.8) is 0 Å². The van der Waals surface area contributed by atoms with Crippen LogP contribution in [0, 0.1) is 5.41 Å². The maximum Gasteiger partial charge on any atom is 0.183 e. The van der Waals surface area contributed by atoms with Gasteiger partial charge in [0.25, 0.3) is 0 Å². The highest BCUT2D eigenvalue weighted by Gasteiger charge is 2.34. The molecule has 0 aromatic rings. The molecule has 1 saturated heterocycles. The van der Waals surface area contributed by atoms with Gasteiger partial charge in [-0.15, -0.1) is 0 Å². The second kappa shape index (κ2) is 2.88. The average molecular weight is 174 g/mol. The first-order valence-corrected chi connectivity index (χ1v) is 7.54. The summed E-state index contributed by atoms with van der Waals surface area (Å²) in [5.41, 5.74) is 0.320. The van der Waals surface area contributed by atoms with E-state index in [0.717, 1.165) is 19.8 Å². The monoisotopic (exact) mass is 174 g/mol. The average Bonchev–Trinajstić information content (AvgIpc) is 1.77. The third-order valence-electron chi connectivity index (χ3n) is 1.75. The molecule has 1 heterocycles. The molecule has 1 aliphatic rings. The van der Waals surface area contributed by atoms with E-state index in [9.17, 15) is 0 Å². The molecule has 0 radical (unpaired) electrons. The van der Waals surface area contributed by atoms with Crippen LogP contribution in [0.15, 0.2) is 0 Å². The Labute approximate surface area is 70.0 Å². The third-order valence-corrected chi connectivity index (χ3v) is 2.77. The second-order valence-electron chi connectivity index (χ2n) is 4.70. The van der Waals surface area contributed by atoms with Crippen LogP contribution in [0.1, 0.15) is 6.92 Å². The number of hydrogen-bond acceptors (Lipinski definition) is 2. The third kappa shape index (κ3) is 2.93. The maximum atomic E-state index is 5.80. The van der Waals surface area contributed by atoms with Gasteiger partial charge in [-0.25, -0.2) is 0 Å². The molecular weight excluding hydrogens is 156 g/mol. The Balaban J connectivity index is 2.21. The molecule has 0 amide bonds. The van der Waals surface area contributed by atoms with Crippen LogP contribution in [0.25, 0.3) is 0 Å². The minimum Gasteiger partial charge on any atom is -0.417 e. The zero-order valence-corrected chi connectivity index (χ0v) is 8.94. The van der Waals surface area contributed by atoms with E-state index in [0.29, 0.717) is 5.41 Å². The second-order valence-corrected chi connectivity index (χ2v) is 9.22. The molecule has 0 atom stereocenters. The Bertz CT molecular complexity index is 136. The lowest BCUT2D eigenvalue weighted by Crippen LogP contribution is -2.46. The van der Waals surface area contributed by atoms with Crippen molar-refractivity contribution in [2.24, 2.45) is 5.41 Å². The van der Waals surface area contributed by atoms with Crippen LogP contribution in [0.4, 0.5) is 0 Å². The van der Waals surface area contributed by atoms with Crippen LogP contribution < -0.4 is 0 Å². The van der Waals surface area contributed by atoms with Crippen molar-refractivity contribution in [1.82, 2.24) is 0 Å². The van der Waals surface area contributed by atoms with Crippen LogP contribution in [-0.2, 0) is 9.16 Å². The SMILES string of the molecule is CC1(CO[Si](C)(C)C)COC1. The zero-order valence-electron chi connectivity index (χ0n) is 7.94. The topological polar surface area (TPSA) is 18.5 Å². The molecule has 11 heavy (non-hydrogen) atoms. The molecule has 0 spiro atoms. The van der Waals surface area contributed by atoms with Crippen molar-refractivity contribution in [3.05, 3.63) is 0 Å². The molecule has 0 unspecified atom stereocenters. The number of hydrogen-bond donors (Lipinski definition) is 0. The van der Waals surface area contributed by atoms with Crippen molar-refractivity contribution in [2.45, 2.75) is 26.6 Å². The molecule has 0 aromatic carbocycles. The highest BCUT2D eigenvalue weighted by molar-refractivity contribution is 6.69. The first-order valence-electron chi connectivity index (χ1n) is 4.13. The molecule has 0 saturated carbocycles. The van der Waals surface area contributed by atoms with E-state index in [1.807, 2.05) is 0 Å². The predicted octanol–water partition coefficient (Wildman–Crippen LogP) is 1.87. The largest absolute Gasteiger partial charge is 0.417 e. The lowest BCUT2D eigenvalue weighted by Gasteiger charge is -2.39. The van der Waals surface area contributed by atoms with Crippen LogP contribution in [0.2, 0.25) is 19.6 Å². The Morgan fingerprint density at radius 3 is 2.18 bits per heavy atom. The standard InChI is InChI=1S/C8H18O2Si/c1-8(5-9-6-8)7-10-11(2,3)4/h5-7H2,1-4H3. The van der Waals surface area contributed by atoms with E-state index < -0.39 is 8.32 Å². The van der Waals surface area contributed by atoms with Gasteiger partial charge in [0.2, 0.25) is 0 Å². The van der Waals surface area contributed by atoms with Gasteiger partial charge >= 0.3 is 0 Å². The van der Waals surface area contributed by atoms with Crippen molar-refractivity contribution < 1.29 is 9.16 Å². The van der Waals surface area contributed by atoms with Gasteiger partial charge in [0.15, 0.2) is 8.32 Å². The Hall–Kier alpha value is 0.137. The molecule has 1 rings (SSSR count). The normalized spacial score (nSPS) is 22.9. The Morgan fingerprint density at radius 2 is 1.91 bits per heavy atom. The van der Waals surface area contributed by atoms with Gasteiger partial charge in [-0.05, 0) is 19.6 Å². The van der Waals surface area contributed by atoms with Gasteiger partial charge in [-0.3, -0.25) is 0 Å². The molecular formula is C8H18O2Si. The van der Waals surface area contributed by atoms with Gasteiger partial charge < -0.3 is 9.16 Å². The van der Waals surface area contributed by atoms with Crippen LogP contribution in [0.5, 0.6) is 0 Å². The van der Waals surface area contributed by atoms with E-state index in [4.69, 9.17) is 9.16 Å². The molecule has 0 aromatic heterocycles. The molecule has 2 nitrogen and oxygen atoms in total. The van der Waals surface area contributed by atoms with E-state index in [1.165, 1.54) is 0 Å². The van der Waals surface area contributed by atoms with Crippen LogP contribution >= 0.6 is 0 Å². The van der Waals surface area contributed by atoms with Gasteiger partial charge in [0, 0.05) is 12.0 Å². The van der Waals surface area contributed by atoms with E-state index in [1.54, 1.807) is 0 Å². The van der Waals surface area contributed by atoms with E-state index in [2.05, 4.69) is 26.6 Å². The lowest BCUT2D eigenvalue weighted by atomic mass is 9.90. The minimum absolute atomic E-state index is 0.320. The highest BCUT2D eigenvalue weighted by atomic mass is 28.4. The van der Waals surface area contributed by atoms with Crippen molar-refractivity contribution in [3.8, 4) is 0 Å². The number of ether oxygens (including phenoxy) is 1. The molecule has 0 bridgehead atoms. The summed E-state index contributed by atoms with van der Waals surface area (Å²) < 4.78 is 10.9. The van der Waals surface area contributed by atoms with Crippen molar-refractivity contribution >= 4 is 8.32 Å². The van der Waals surface area contributed by atoms with Gasteiger partial charge in [0.05, 0.1) is 13.2 Å². The lowest BCUT2D eigenvalue weighted by molar-refractivity contribution is -0.121. The Kier molecular flexibility index (Phi) is 2.42. The molecule has 1 fully saturated rings. The summed E-state index contributed by atoms with van der Waals surface area (Å²) in [4.78, 5) is 0. The summed E-state index contributed by atoms with van der Waals surface area (Å²) in [7, 11) is -1.30. The molecule has 1 aliphatic heterocycles. The maximum absolute atomic E-state index is 5.80. The minimum atomic E-state index is -1.30. The summed E-state index contributed by atoms with van der Waals surface area (Å²) in [5, 5.41) is 0. The summed E-state index contributed by atoms with van der Waals surface area (Å²) in [5.74, 6) is 0. The zero-order chi connectivity index (χ0) is 8.54.